The molecule has 0 bridgehead atoms. The summed E-state index contributed by atoms with van der Waals surface area (Å²) in [6.45, 7) is 5.35. The summed E-state index contributed by atoms with van der Waals surface area (Å²) in [5.74, 6) is 0.995. The SMILES string of the molecule is CC1CCCC([N+]2(C)CCCC2)C1.[OH-]. The van der Waals surface area contributed by atoms with Gasteiger partial charge < -0.3 is 9.96 Å². The maximum atomic E-state index is 2.50. The van der Waals surface area contributed by atoms with Crippen LogP contribution in [-0.4, -0.2) is 36.1 Å². The van der Waals surface area contributed by atoms with E-state index < -0.39 is 0 Å². The zero-order chi connectivity index (χ0) is 9.31. The van der Waals surface area contributed by atoms with Crippen LogP contribution in [0.2, 0.25) is 0 Å². The van der Waals surface area contributed by atoms with Gasteiger partial charge in [-0.25, -0.2) is 0 Å². The van der Waals surface area contributed by atoms with Crippen molar-refractivity contribution in [2.75, 3.05) is 20.1 Å². The standard InChI is InChI=1S/C12H24N.H2O/c1-11-6-5-7-12(10-11)13(2)8-3-4-9-13;/h11-12H,3-10H2,1-2H3;1H2/q+1;/p-1. The molecule has 0 aromatic heterocycles. The van der Waals surface area contributed by atoms with E-state index in [1.54, 1.807) is 0 Å². The summed E-state index contributed by atoms with van der Waals surface area (Å²) in [7, 11) is 2.50. The summed E-state index contributed by atoms with van der Waals surface area (Å²) in [5.41, 5.74) is 0. The molecule has 84 valence electrons. The third-order valence-corrected chi connectivity index (χ3v) is 4.38. The van der Waals surface area contributed by atoms with Crippen LogP contribution >= 0.6 is 0 Å². The van der Waals surface area contributed by atoms with E-state index in [1.807, 2.05) is 0 Å². The average molecular weight is 199 g/mol. The number of quaternary nitrogens is 1. The molecule has 2 fully saturated rings. The Labute approximate surface area is 88.2 Å². The largest absolute Gasteiger partial charge is 0.870 e. The molecule has 2 nitrogen and oxygen atoms in total. The number of likely N-dealkylation sites (tertiary alicyclic amines) is 1. The van der Waals surface area contributed by atoms with Crippen molar-refractivity contribution >= 4 is 0 Å². The summed E-state index contributed by atoms with van der Waals surface area (Å²) in [5, 5.41) is 0. The Kier molecular flexibility index (Phi) is 3.96. The van der Waals surface area contributed by atoms with Crippen LogP contribution in [0, 0.1) is 5.92 Å². The first-order valence-corrected chi connectivity index (χ1v) is 6.05. The van der Waals surface area contributed by atoms with Crippen molar-refractivity contribution in [3.05, 3.63) is 0 Å². The van der Waals surface area contributed by atoms with Crippen molar-refractivity contribution in [1.82, 2.24) is 0 Å². The van der Waals surface area contributed by atoms with Crippen molar-refractivity contribution in [2.24, 2.45) is 5.92 Å². The Hall–Kier alpha value is -0.0800. The van der Waals surface area contributed by atoms with Gasteiger partial charge in [0.05, 0.1) is 26.2 Å². The Balaban J connectivity index is 0.000000980. The highest BCUT2D eigenvalue weighted by Gasteiger charge is 2.37. The minimum Gasteiger partial charge on any atom is -0.870 e. The lowest BCUT2D eigenvalue weighted by Crippen LogP contribution is -2.51. The lowest BCUT2D eigenvalue weighted by atomic mass is 9.85. The molecule has 1 aliphatic heterocycles. The smallest absolute Gasteiger partial charge is 0.0890 e. The Morgan fingerprint density at radius 3 is 2.21 bits per heavy atom. The van der Waals surface area contributed by atoms with Gasteiger partial charge in [-0.05, 0) is 18.8 Å². The number of rotatable bonds is 1. The van der Waals surface area contributed by atoms with E-state index in [9.17, 15) is 0 Å². The van der Waals surface area contributed by atoms with E-state index in [0.29, 0.717) is 0 Å². The van der Waals surface area contributed by atoms with Gasteiger partial charge in [0.15, 0.2) is 0 Å². The Morgan fingerprint density at radius 1 is 1.00 bits per heavy atom. The molecule has 2 rings (SSSR count). The second-order valence-corrected chi connectivity index (χ2v) is 5.56. The first-order chi connectivity index (χ1) is 6.21. The number of hydrogen-bond donors (Lipinski definition) is 0. The highest BCUT2D eigenvalue weighted by molar-refractivity contribution is 4.73. The molecule has 1 aliphatic carbocycles. The van der Waals surface area contributed by atoms with E-state index >= 15 is 0 Å². The monoisotopic (exact) mass is 199 g/mol. The van der Waals surface area contributed by atoms with Crippen LogP contribution in [-0.2, 0) is 0 Å². The molecule has 2 atom stereocenters. The molecule has 1 heterocycles. The Bertz CT molecular complexity index is 175. The van der Waals surface area contributed by atoms with Gasteiger partial charge in [0.25, 0.3) is 0 Å². The van der Waals surface area contributed by atoms with E-state index in [4.69, 9.17) is 0 Å². The zero-order valence-electron chi connectivity index (χ0n) is 9.71. The topological polar surface area (TPSA) is 30.0 Å². The van der Waals surface area contributed by atoms with Crippen molar-refractivity contribution < 1.29 is 9.96 Å². The van der Waals surface area contributed by atoms with Crippen LogP contribution in [0.25, 0.3) is 0 Å². The van der Waals surface area contributed by atoms with Crippen molar-refractivity contribution in [3.8, 4) is 0 Å². The van der Waals surface area contributed by atoms with Crippen LogP contribution in [0.15, 0.2) is 0 Å². The summed E-state index contributed by atoms with van der Waals surface area (Å²) < 4.78 is 1.41. The first kappa shape index (κ1) is 12.0. The lowest BCUT2D eigenvalue weighted by molar-refractivity contribution is -0.923. The minimum atomic E-state index is 0. The second kappa shape index (κ2) is 4.63. The molecular weight excluding hydrogens is 174 g/mol. The fourth-order valence-electron chi connectivity index (χ4n) is 3.39. The molecule has 1 saturated heterocycles. The molecule has 0 radical (unpaired) electrons. The van der Waals surface area contributed by atoms with Crippen LogP contribution < -0.4 is 0 Å². The van der Waals surface area contributed by atoms with E-state index in [-0.39, 0.29) is 5.48 Å². The number of nitrogens with zero attached hydrogens (tertiary/aromatic N) is 1. The van der Waals surface area contributed by atoms with E-state index in [2.05, 4.69) is 14.0 Å². The first-order valence-electron chi connectivity index (χ1n) is 6.05. The molecule has 1 N–H and O–H groups in total. The van der Waals surface area contributed by atoms with Gasteiger partial charge in [-0.15, -0.1) is 0 Å². The summed E-state index contributed by atoms with van der Waals surface area (Å²) in [6, 6.07) is 1.01. The van der Waals surface area contributed by atoms with E-state index in [0.717, 1.165) is 12.0 Å². The predicted octanol–water partition coefficient (Wildman–Crippen LogP) is 2.63. The fraction of sp³-hybridized carbons (Fsp3) is 1.00. The highest BCUT2D eigenvalue weighted by atomic mass is 16.0. The van der Waals surface area contributed by atoms with Crippen molar-refractivity contribution in [2.45, 2.75) is 51.5 Å². The van der Waals surface area contributed by atoms with Gasteiger partial charge in [-0.2, -0.15) is 0 Å². The molecule has 2 unspecified atom stereocenters. The average Bonchev–Trinajstić information content (AvgIpc) is 2.54. The lowest BCUT2D eigenvalue weighted by Gasteiger charge is -2.41. The van der Waals surface area contributed by atoms with Crippen molar-refractivity contribution in [3.63, 3.8) is 0 Å². The zero-order valence-corrected chi connectivity index (χ0v) is 9.71. The maximum absolute atomic E-state index is 2.50. The van der Waals surface area contributed by atoms with Crippen LogP contribution in [0.3, 0.4) is 0 Å². The molecule has 0 spiro atoms. The number of hydrogen-bond acceptors (Lipinski definition) is 1. The van der Waals surface area contributed by atoms with Crippen molar-refractivity contribution in [1.29, 1.82) is 0 Å². The van der Waals surface area contributed by atoms with Gasteiger partial charge in [-0.3, -0.25) is 0 Å². The summed E-state index contributed by atoms with van der Waals surface area (Å²) >= 11 is 0. The molecule has 2 heteroatoms. The highest BCUT2D eigenvalue weighted by Crippen LogP contribution is 2.33. The van der Waals surface area contributed by atoms with Crippen LogP contribution in [0.5, 0.6) is 0 Å². The van der Waals surface area contributed by atoms with Gasteiger partial charge >= 0.3 is 0 Å². The molecule has 0 aromatic rings. The van der Waals surface area contributed by atoms with Crippen LogP contribution in [0.1, 0.15) is 45.4 Å². The summed E-state index contributed by atoms with van der Waals surface area (Å²) in [6.07, 6.45) is 8.91. The molecule has 2 aliphatic rings. The molecule has 0 amide bonds. The van der Waals surface area contributed by atoms with Gasteiger partial charge in [0, 0.05) is 19.3 Å². The quantitative estimate of drug-likeness (QED) is 0.597. The third kappa shape index (κ3) is 2.29. The Morgan fingerprint density at radius 2 is 1.64 bits per heavy atom. The minimum absolute atomic E-state index is 0. The summed E-state index contributed by atoms with van der Waals surface area (Å²) in [4.78, 5) is 0. The third-order valence-electron chi connectivity index (χ3n) is 4.38. The van der Waals surface area contributed by atoms with E-state index in [1.165, 1.54) is 56.1 Å². The fourth-order valence-corrected chi connectivity index (χ4v) is 3.39. The predicted molar refractivity (Wildman–Crippen MR) is 58.5 cm³/mol. The maximum Gasteiger partial charge on any atom is 0.0890 e. The molecule has 1 saturated carbocycles. The van der Waals surface area contributed by atoms with Crippen LogP contribution in [0.4, 0.5) is 0 Å². The van der Waals surface area contributed by atoms with Gasteiger partial charge in [0.2, 0.25) is 0 Å². The normalized spacial score (nSPS) is 36.4. The van der Waals surface area contributed by atoms with Gasteiger partial charge in [0.1, 0.15) is 0 Å². The van der Waals surface area contributed by atoms with Gasteiger partial charge in [-0.1, -0.05) is 13.3 Å². The molecule has 14 heavy (non-hydrogen) atoms. The molecule has 0 aromatic carbocycles. The molecular formula is C12H25NO. The second-order valence-electron chi connectivity index (χ2n) is 5.56.